The predicted molar refractivity (Wildman–Crippen MR) is 120 cm³/mol. The summed E-state index contributed by atoms with van der Waals surface area (Å²) in [6, 6.07) is 12.8. The molecule has 0 spiro atoms. The minimum atomic E-state index is -3.62. The topological polar surface area (TPSA) is 61.9 Å². The van der Waals surface area contributed by atoms with Crippen molar-refractivity contribution in [3.05, 3.63) is 58.6 Å². The number of hydrogen-bond acceptors (Lipinski definition) is 5. The number of nitrogens with one attached hydrogen (secondary N) is 1. The van der Waals surface area contributed by atoms with Crippen LogP contribution in [0.4, 0.5) is 5.69 Å². The first kappa shape index (κ1) is 21.6. The van der Waals surface area contributed by atoms with Crippen molar-refractivity contribution in [2.24, 2.45) is 0 Å². The highest BCUT2D eigenvalue weighted by Crippen LogP contribution is 2.31. The average molecular weight is 450 g/mol. The standard InChI is InChI=1S/C22H28ClN3O3S/c1-25-10-2-3-17-15-18(4-9-21(17)25)22(26-11-13-29-14-12-26)16-24-30(27,28)20-7-5-19(23)6-8-20/h4-9,15,22,24H,2-3,10-14,16H2,1H3/t22-/m1/s1. The van der Waals surface area contributed by atoms with Gasteiger partial charge in [0.05, 0.1) is 18.1 Å². The number of sulfonamides is 1. The molecule has 0 unspecified atom stereocenters. The van der Waals surface area contributed by atoms with Gasteiger partial charge in [-0.05, 0) is 54.3 Å². The molecular formula is C22H28ClN3O3S. The minimum absolute atomic E-state index is 0.0477. The largest absolute Gasteiger partial charge is 0.379 e. The van der Waals surface area contributed by atoms with E-state index >= 15 is 0 Å². The van der Waals surface area contributed by atoms with Gasteiger partial charge in [-0.15, -0.1) is 0 Å². The average Bonchev–Trinajstić information content (AvgIpc) is 2.75. The number of morpholine rings is 1. The lowest BCUT2D eigenvalue weighted by Crippen LogP contribution is -2.43. The SMILES string of the molecule is CN1CCCc2cc([C@@H](CNS(=O)(=O)c3ccc(Cl)cc3)N3CCOCC3)ccc21. The molecule has 0 saturated carbocycles. The summed E-state index contributed by atoms with van der Waals surface area (Å²) in [5.41, 5.74) is 3.75. The Kier molecular flexibility index (Phi) is 6.65. The molecule has 0 amide bonds. The molecule has 0 radical (unpaired) electrons. The second-order valence-electron chi connectivity index (χ2n) is 7.88. The smallest absolute Gasteiger partial charge is 0.240 e. The van der Waals surface area contributed by atoms with Crippen molar-refractivity contribution in [3.8, 4) is 0 Å². The maximum atomic E-state index is 12.8. The van der Waals surface area contributed by atoms with Crippen LogP contribution in [0.1, 0.15) is 23.6 Å². The molecule has 0 bridgehead atoms. The van der Waals surface area contributed by atoms with Crippen LogP contribution in [0.3, 0.4) is 0 Å². The summed E-state index contributed by atoms with van der Waals surface area (Å²) in [4.78, 5) is 4.82. The summed E-state index contributed by atoms with van der Waals surface area (Å²) in [6.07, 6.45) is 2.19. The molecule has 0 aromatic heterocycles. The predicted octanol–water partition coefficient (Wildman–Crippen LogP) is 3.07. The van der Waals surface area contributed by atoms with Crippen LogP contribution in [0.15, 0.2) is 47.4 Å². The molecule has 1 fully saturated rings. The zero-order valence-corrected chi connectivity index (χ0v) is 18.8. The van der Waals surface area contributed by atoms with Crippen molar-refractivity contribution in [2.45, 2.75) is 23.8 Å². The molecule has 2 aliphatic rings. The first-order valence-corrected chi connectivity index (χ1v) is 12.2. The van der Waals surface area contributed by atoms with Crippen LogP contribution in [-0.4, -0.2) is 59.8 Å². The Morgan fingerprint density at radius 3 is 2.57 bits per heavy atom. The Bertz CT molecular complexity index is 976. The molecule has 2 aromatic carbocycles. The van der Waals surface area contributed by atoms with Crippen LogP contribution >= 0.6 is 11.6 Å². The molecule has 1 N–H and O–H groups in total. The Morgan fingerprint density at radius 2 is 1.83 bits per heavy atom. The van der Waals surface area contributed by atoms with Crippen LogP contribution in [0.5, 0.6) is 0 Å². The van der Waals surface area contributed by atoms with Gasteiger partial charge in [0.25, 0.3) is 0 Å². The molecule has 8 heteroatoms. The summed E-state index contributed by atoms with van der Waals surface area (Å²) in [7, 11) is -1.50. The number of benzene rings is 2. The zero-order valence-electron chi connectivity index (χ0n) is 17.2. The second-order valence-corrected chi connectivity index (χ2v) is 10.1. The summed E-state index contributed by atoms with van der Waals surface area (Å²) >= 11 is 5.90. The van der Waals surface area contributed by atoms with E-state index in [0.29, 0.717) is 24.8 Å². The van der Waals surface area contributed by atoms with Gasteiger partial charge in [-0.25, -0.2) is 13.1 Å². The lowest BCUT2D eigenvalue weighted by Gasteiger charge is -2.36. The highest BCUT2D eigenvalue weighted by Gasteiger charge is 2.26. The molecular weight excluding hydrogens is 422 g/mol. The lowest BCUT2D eigenvalue weighted by molar-refractivity contribution is 0.0172. The van der Waals surface area contributed by atoms with Gasteiger partial charge < -0.3 is 9.64 Å². The third-order valence-electron chi connectivity index (χ3n) is 5.92. The van der Waals surface area contributed by atoms with E-state index in [1.165, 1.54) is 23.4 Å². The van der Waals surface area contributed by atoms with Gasteiger partial charge in [-0.2, -0.15) is 0 Å². The number of fused-ring (bicyclic) bond motifs is 1. The first-order chi connectivity index (χ1) is 14.4. The van der Waals surface area contributed by atoms with E-state index in [1.807, 2.05) is 0 Å². The molecule has 30 heavy (non-hydrogen) atoms. The van der Waals surface area contributed by atoms with Gasteiger partial charge in [0.15, 0.2) is 0 Å². The van der Waals surface area contributed by atoms with Crippen molar-refractivity contribution >= 4 is 27.3 Å². The van der Waals surface area contributed by atoms with E-state index in [0.717, 1.165) is 38.0 Å². The Hall–Kier alpha value is -1.64. The molecule has 2 aliphatic heterocycles. The number of aryl methyl sites for hydroxylation is 1. The Labute approximate surface area is 183 Å². The zero-order chi connectivity index (χ0) is 21.1. The first-order valence-electron chi connectivity index (χ1n) is 10.3. The molecule has 2 aromatic rings. The molecule has 6 nitrogen and oxygen atoms in total. The number of hydrogen-bond donors (Lipinski definition) is 1. The van der Waals surface area contributed by atoms with Crippen molar-refractivity contribution in [1.29, 1.82) is 0 Å². The Morgan fingerprint density at radius 1 is 1.10 bits per heavy atom. The maximum absolute atomic E-state index is 12.8. The fourth-order valence-electron chi connectivity index (χ4n) is 4.25. The molecule has 162 valence electrons. The summed E-state index contributed by atoms with van der Waals surface area (Å²) in [5.74, 6) is 0. The third kappa shape index (κ3) is 4.81. The minimum Gasteiger partial charge on any atom is -0.379 e. The van der Waals surface area contributed by atoms with Crippen LogP contribution < -0.4 is 9.62 Å². The van der Waals surface area contributed by atoms with Gasteiger partial charge in [-0.3, -0.25) is 4.90 Å². The number of rotatable bonds is 6. The van der Waals surface area contributed by atoms with Crippen LogP contribution in [-0.2, 0) is 21.2 Å². The summed E-state index contributed by atoms with van der Waals surface area (Å²) in [5, 5.41) is 0.513. The van der Waals surface area contributed by atoms with Crippen LogP contribution in [0, 0.1) is 0 Å². The van der Waals surface area contributed by atoms with E-state index in [2.05, 4.69) is 39.8 Å². The monoisotopic (exact) mass is 449 g/mol. The molecule has 1 atom stereocenters. The fourth-order valence-corrected chi connectivity index (χ4v) is 5.41. The van der Waals surface area contributed by atoms with Gasteiger partial charge in [0.1, 0.15) is 0 Å². The molecule has 2 heterocycles. The third-order valence-corrected chi connectivity index (χ3v) is 7.61. The lowest BCUT2D eigenvalue weighted by atomic mass is 9.96. The highest BCUT2D eigenvalue weighted by atomic mass is 35.5. The van der Waals surface area contributed by atoms with Gasteiger partial charge >= 0.3 is 0 Å². The van der Waals surface area contributed by atoms with E-state index in [9.17, 15) is 8.42 Å². The molecule has 0 aliphatic carbocycles. The van der Waals surface area contributed by atoms with E-state index in [-0.39, 0.29) is 10.9 Å². The maximum Gasteiger partial charge on any atom is 0.240 e. The molecule has 1 saturated heterocycles. The fraction of sp³-hybridized carbons (Fsp3) is 0.455. The normalized spacial score (nSPS) is 18.8. The number of nitrogens with zero attached hydrogens (tertiary/aromatic N) is 2. The van der Waals surface area contributed by atoms with Gasteiger partial charge in [0.2, 0.25) is 10.0 Å². The van der Waals surface area contributed by atoms with Gasteiger partial charge in [0, 0.05) is 50.0 Å². The highest BCUT2D eigenvalue weighted by molar-refractivity contribution is 7.89. The van der Waals surface area contributed by atoms with Crippen molar-refractivity contribution in [2.75, 3.05) is 51.3 Å². The Balaban J connectivity index is 1.58. The number of ether oxygens (including phenoxy) is 1. The second kappa shape index (κ2) is 9.24. The summed E-state index contributed by atoms with van der Waals surface area (Å²) in [6.45, 7) is 4.26. The number of anilines is 1. The van der Waals surface area contributed by atoms with E-state index in [1.54, 1.807) is 12.1 Å². The van der Waals surface area contributed by atoms with Gasteiger partial charge in [-0.1, -0.05) is 23.7 Å². The summed E-state index contributed by atoms with van der Waals surface area (Å²) < 4.78 is 34.0. The molecule has 4 rings (SSSR count). The van der Waals surface area contributed by atoms with Crippen molar-refractivity contribution in [1.82, 2.24) is 9.62 Å². The van der Waals surface area contributed by atoms with Crippen molar-refractivity contribution < 1.29 is 13.2 Å². The van der Waals surface area contributed by atoms with E-state index in [4.69, 9.17) is 16.3 Å². The van der Waals surface area contributed by atoms with E-state index < -0.39 is 10.0 Å². The van der Waals surface area contributed by atoms with Crippen molar-refractivity contribution in [3.63, 3.8) is 0 Å². The quantitative estimate of drug-likeness (QED) is 0.734. The van der Waals surface area contributed by atoms with Crippen LogP contribution in [0.25, 0.3) is 0 Å². The number of halogens is 1. The van der Waals surface area contributed by atoms with Crippen LogP contribution in [0.2, 0.25) is 5.02 Å².